The quantitative estimate of drug-likeness (QED) is 0.865. The summed E-state index contributed by atoms with van der Waals surface area (Å²) < 4.78 is 50.1. The van der Waals surface area contributed by atoms with Gasteiger partial charge < -0.3 is 5.32 Å². The Kier molecular flexibility index (Phi) is 4.20. The number of halogens is 2. The topological polar surface area (TPSA) is 46.2 Å². The summed E-state index contributed by atoms with van der Waals surface area (Å²) in [5.41, 5.74) is 0.160. The summed E-state index contributed by atoms with van der Waals surface area (Å²) in [4.78, 5) is -0.157. The summed E-state index contributed by atoms with van der Waals surface area (Å²) in [5.74, 6) is -1.75. The maximum Gasteiger partial charge on any atom is 0.175 e. The Labute approximate surface area is 111 Å². The third kappa shape index (κ3) is 3.51. The fourth-order valence-corrected chi connectivity index (χ4v) is 3.05. The first-order valence-corrected chi connectivity index (χ1v) is 8.16. The SMILES string of the molecule is CS(=O)(=O)c1cc(F)c(F)c(CC2CCNCC2)c1. The highest BCUT2D eigenvalue weighted by atomic mass is 32.2. The lowest BCUT2D eigenvalue weighted by atomic mass is 9.91. The van der Waals surface area contributed by atoms with E-state index in [1.807, 2.05) is 0 Å². The van der Waals surface area contributed by atoms with Gasteiger partial charge in [-0.2, -0.15) is 0 Å². The Balaban J connectivity index is 2.30. The number of nitrogens with one attached hydrogen (secondary N) is 1. The average molecular weight is 289 g/mol. The second-order valence-corrected chi connectivity index (χ2v) is 7.06. The first-order valence-electron chi connectivity index (χ1n) is 6.26. The summed E-state index contributed by atoms with van der Waals surface area (Å²) in [6.07, 6.45) is 3.16. The minimum absolute atomic E-state index is 0.157. The van der Waals surface area contributed by atoms with Gasteiger partial charge in [0, 0.05) is 6.26 Å². The highest BCUT2D eigenvalue weighted by Gasteiger charge is 2.20. The Morgan fingerprint density at radius 2 is 1.89 bits per heavy atom. The number of benzene rings is 1. The first-order chi connectivity index (χ1) is 8.88. The third-order valence-electron chi connectivity index (χ3n) is 3.47. The van der Waals surface area contributed by atoms with Gasteiger partial charge in [-0.1, -0.05) is 0 Å². The van der Waals surface area contributed by atoms with Crippen LogP contribution in [0.5, 0.6) is 0 Å². The van der Waals surface area contributed by atoms with Crippen molar-refractivity contribution in [2.45, 2.75) is 24.2 Å². The Bertz CT molecular complexity index is 566. The highest BCUT2D eigenvalue weighted by molar-refractivity contribution is 7.90. The van der Waals surface area contributed by atoms with E-state index in [2.05, 4.69) is 5.32 Å². The zero-order chi connectivity index (χ0) is 14.0. The summed E-state index contributed by atoms with van der Waals surface area (Å²) in [5, 5.41) is 3.20. The maximum atomic E-state index is 13.7. The molecular weight excluding hydrogens is 272 g/mol. The van der Waals surface area contributed by atoms with Crippen LogP contribution in [0.25, 0.3) is 0 Å². The molecule has 0 aromatic heterocycles. The van der Waals surface area contributed by atoms with Crippen LogP contribution in [0.15, 0.2) is 17.0 Å². The predicted molar refractivity (Wildman–Crippen MR) is 68.8 cm³/mol. The van der Waals surface area contributed by atoms with Gasteiger partial charge in [0.1, 0.15) is 0 Å². The lowest BCUT2D eigenvalue weighted by Crippen LogP contribution is -2.28. The number of hydrogen-bond acceptors (Lipinski definition) is 3. The van der Waals surface area contributed by atoms with Crippen LogP contribution in [0.1, 0.15) is 18.4 Å². The molecule has 0 unspecified atom stereocenters. The smallest absolute Gasteiger partial charge is 0.175 e. The highest BCUT2D eigenvalue weighted by Crippen LogP contribution is 2.24. The molecule has 6 heteroatoms. The van der Waals surface area contributed by atoms with Gasteiger partial charge in [-0.05, 0) is 56.0 Å². The normalized spacial score (nSPS) is 17.6. The molecule has 1 aliphatic heterocycles. The number of piperidine rings is 1. The van der Waals surface area contributed by atoms with Crippen molar-refractivity contribution in [2.24, 2.45) is 5.92 Å². The fraction of sp³-hybridized carbons (Fsp3) is 0.538. The molecule has 1 aliphatic rings. The van der Waals surface area contributed by atoms with Crippen LogP contribution in [0, 0.1) is 17.6 Å². The molecule has 1 fully saturated rings. The van der Waals surface area contributed by atoms with Crippen molar-refractivity contribution in [3.8, 4) is 0 Å². The Morgan fingerprint density at radius 3 is 2.47 bits per heavy atom. The van der Waals surface area contributed by atoms with E-state index in [0.29, 0.717) is 6.42 Å². The second kappa shape index (κ2) is 5.54. The second-order valence-electron chi connectivity index (χ2n) is 5.05. The Morgan fingerprint density at radius 1 is 1.26 bits per heavy atom. The van der Waals surface area contributed by atoms with E-state index in [1.54, 1.807) is 0 Å². The lowest BCUT2D eigenvalue weighted by Gasteiger charge is -2.23. The van der Waals surface area contributed by atoms with Gasteiger partial charge in [0.25, 0.3) is 0 Å². The molecule has 1 N–H and O–H groups in total. The first kappa shape index (κ1) is 14.4. The maximum absolute atomic E-state index is 13.7. The van der Waals surface area contributed by atoms with Gasteiger partial charge in [-0.25, -0.2) is 17.2 Å². The van der Waals surface area contributed by atoms with Crippen molar-refractivity contribution >= 4 is 9.84 Å². The van der Waals surface area contributed by atoms with Crippen LogP contribution in [-0.4, -0.2) is 27.8 Å². The number of rotatable bonds is 3. The van der Waals surface area contributed by atoms with E-state index in [0.717, 1.165) is 38.3 Å². The van der Waals surface area contributed by atoms with E-state index < -0.39 is 21.5 Å². The molecule has 0 amide bonds. The molecule has 1 aromatic carbocycles. The predicted octanol–water partition coefficient (Wildman–Crippen LogP) is 1.91. The summed E-state index contributed by atoms with van der Waals surface area (Å²) >= 11 is 0. The minimum Gasteiger partial charge on any atom is -0.317 e. The van der Waals surface area contributed by atoms with E-state index in [9.17, 15) is 17.2 Å². The van der Waals surface area contributed by atoms with Crippen molar-refractivity contribution in [3.63, 3.8) is 0 Å². The fourth-order valence-electron chi connectivity index (χ4n) is 2.38. The molecule has 1 heterocycles. The molecule has 106 valence electrons. The van der Waals surface area contributed by atoms with Crippen LogP contribution < -0.4 is 5.32 Å². The zero-order valence-corrected chi connectivity index (χ0v) is 11.6. The molecule has 0 saturated carbocycles. The lowest BCUT2D eigenvalue weighted by molar-refractivity contribution is 0.365. The summed E-state index contributed by atoms with van der Waals surface area (Å²) in [7, 11) is -3.52. The van der Waals surface area contributed by atoms with Gasteiger partial charge in [-0.3, -0.25) is 0 Å². The molecule has 3 nitrogen and oxygen atoms in total. The zero-order valence-electron chi connectivity index (χ0n) is 10.7. The molecule has 1 saturated heterocycles. The van der Waals surface area contributed by atoms with Gasteiger partial charge in [0.05, 0.1) is 4.90 Å². The van der Waals surface area contributed by atoms with Crippen molar-refractivity contribution in [1.82, 2.24) is 5.32 Å². The number of sulfone groups is 1. The van der Waals surface area contributed by atoms with E-state index in [-0.39, 0.29) is 16.4 Å². The minimum atomic E-state index is -3.52. The van der Waals surface area contributed by atoms with Crippen LogP contribution in [0.4, 0.5) is 8.78 Å². The molecule has 0 atom stereocenters. The number of hydrogen-bond donors (Lipinski definition) is 1. The molecule has 19 heavy (non-hydrogen) atoms. The summed E-state index contributed by atoms with van der Waals surface area (Å²) in [6, 6.07) is 2.01. The van der Waals surface area contributed by atoms with Crippen molar-refractivity contribution in [3.05, 3.63) is 29.3 Å². The van der Waals surface area contributed by atoms with Crippen LogP contribution in [0.2, 0.25) is 0 Å². The monoisotopic (exact) mass is 289 g/mol. The van der Waals surface area contributed by atoms with Gasteiger partial charge in [-0.15, -0.1) is 0 Å². The largest absolute Gasteiger partial charge is 0.317 e. The van der Waals surface area contributed by atoms with E-state index in [4.69, 9.17) is 0 Å². The van der Waals surface area contributed by atoms with Gasteiger partial charge in [0.15, 0.2) is 21.5 Å². The van der Waals surface area contributed by atoms with Gasteiger partial charge in [0.2, 0.25) is 0 Å². The molecular formula is C13H17F2NO2S. The van der Waals surface area contributed by atoms with Crippen molar-refractivity contribution < 1.29 is 17.2 Å². The van der Waals surface area contributed by atoms with Crippen molar-refractivity contribution in [1.29, 1.82) is 0 Å². The molecule has 0 bridgehead atoms. The molecule has 2 rings (SSSR count). The average Bonchev–Trinajstić information content (AvgIpc) is 2.34. The van der Waals surface area contributed by atoms with Crippen LogP contribution >= 0.6 is 0 Å². The molecule has 0 spiro atoms. The standard InChI is InChI=1S/C13H17F2NO2S/c1-19(17,18)11-7-10(13(15)12(14)8-11)6-9-2-4-16-5-3-9/h7-9,16H,2-6H2,1H3. The molecule has 0 radical (unpaired) electrons. The Hall–Kier alpha value is -1.01. The van der Waals surface area contributed by atoms with Gasteiger partial charge >= 0.3 is 0 Å². The molecule has 1 aromatic rings. The van der Waals surface area contributed by atoms with Crippen molar-refractivity contribution in [2.75, 3.05) is 19.3 Å². The van der Waals surface area contributed by atoms with E-state index in [1.165, 1.54) is 6.07 Å². The van der Waals surface area contributed by atoms with E-state index >= 15 is 0 Å². The van der Waals surface area contributed by atoms with Crippen LogP contribution in [0.3, 0.4) is 0 Å². The third-order valence-corrected chi connectivity index (χ3v) is 4.56. The molecule has 0 aliphatic carbocycles. The summed E-state index contributed by atoms with van der Waals surface area (Å²) in [6.45, 7) is 1.72. The van der Waals surface area contributed by atoms with Crippen LogP contribution in [-0.2, 0) is 16.3 Å².